The summed E-state index contributed by atoms with van der Waals surface area (Å²) in [5.41, 5.74) is 7.31. The Morgan fingerprint density at radius 1 is 0.917 bits per heavy atom. The first kappa shape index (κ1) is 17.8. The topological polar surface area (TPSA) is 0 Å². The Hall–Kier alpha value is 0.371. The molecule has 24 heavy (non-hydrogen) atoms. The molecule has 0 aromatic heterocycles. The Bertz CT molecular complexity index is 596. The van der Waals surface area contributed by atoms with Gasteiger partial charge in [0.15, 0.2) is 0 Å². The average molecular weight is 377 g/mol. The molecule has 0 amide bonds. The van der Waals surface area contributed by atoms with Gasteiger partial charge < -0.3 is 0 Å². The summed E-state index contributed by atoms with van der Waals surface area (Å²) in [4.78, 5) is 0. The number of allylic oxidation sites excluding steroid dienone is 3. The molecule has 1 nitrogen and oxygen atoms in total. The van der Waals surface area contributed by atoms with E-state index in [-0.39, 0.29) is 0 Å². The molecule has 4 bridgehead atoms. The van der Waals surface area contributed by atoms with Crippen LogP contribution < -0.4 is 0 Å². The zero-order valence-electron chi connectivity index (χ0n) is 16.6. The second-order valence-corrected chi connectivity index (χ2v) is 14.9. The van der Waals surface area contributed by atoms with Crippen LogP contribution in [0.3, 0.4) is 0 Å². The molecule has 0 saturated heterocycles. The minimum absolute atomic E-state index is 0.588. The van der Waals surface area contributed by atoms with Crippen molar-refractivity contribution in [3.63, 3.8) is 0 Å². The monoisotopic (exact) mass is 377 g/mol. The van der Waals surface area contributed by atoms with E-state index in [1.807, 2.05) is 5.70 Å². The first-order valence-corrected chi connectivity index (χ1v) is 13.7. The molecule has 2 atom stereocenters. The van der Waals surface area contributed by atoms with Crippen LogP contribution in [0.15, 0.2) is 22.4 Å². The van der Waals surface area contributed by atoms with Gasteiger partial charge in [-0.2, -0.15) is 0 Å². The van der Waals surface area contributed by atoms with Crippen molar-refractivity contribution in [1.29, 1.82) is 0 Å². The van der Waals surface area contributed by atoms with Gasteiger partial charge >= 0.3 is 163 Å². The van der Waals surface area contributed by atoms with Crippen LogP contribution in [0.1, 0.15) is 66.2 Å². The molecule has 0 radical (unpaired) electrons. The Morgan fingerprint density at radius 2 is 1.38 bits per heavy atom. The van der Waals surface area contributed by atoms with E-state index < -0.39 is 8.96 Å². The van der Waals surface area contributed by atoms with E-state index in [0.717, 1.165) is 17.8 Å². The Kier molecular flexibility index (Phi) is 4.21. The predicted octanol–water partition coefficient (Wildman–Crippen LogP) is 5.48. The van der Waals surface area contributed by atoms with Crippen LogP contribution in [0.4, 0.5) is 0 Å². The first-order chi connectivity index (χ1) is 11.2. The van der Waals surface area contributed by atoms with Gasteiger partial charge in [0.25, 0.3) is 0 Å². The number of nitrogens with zero attached hydrogens (tertiary/aromatic N) is 1. The molecule has 0 spiro atoms. The Labute approximate surface area is 162 Å². The standard InChI is InChI=1S/C21H35NSi.Ti/c1-13-14(2)16(4)20(15(13)3)22(23(5)6)21-10-17-7-18(11-21)9-19(8-17)12-21;/h15,17-19,23H,7-12H2,1-6H3;/q;+1. The predicted molar refractivity (Wildman–Crippen MR) is 100 cm³/mol. The molecule has 4 saturated carbocycles. The van der Waals surface area contributed by atoms with Crippen LogP contribution in [-0.4, -0.2) is 17.1 Å². The van der Waals surface area contributed by atoms with E-state index in [9.17, 15) is 0 Å². The van der Waals surface area contributed by atoms with Crippen molar-refractivity contribution in [3.8, 4) is 0 Å². The van der Waals surface area contributed by atoms with E-state index in [1.54, 1.807) is 36.0 Å². The molecule has 0 aliphatic heterocycles. The van der Waals surface area contributed by atoms with Crippen LogP contribution in [-0.2, 0) is 20.7 Å². The summed E-state index contributed by atoms with van der Waals surface area (Å²) in [6.07, 6.45) is 9.27. The number of hydrogen-bond donors (Lipinski definition) is 0. The van der Waals surface area contributed by atoms with Crippen molar-refractivity contribution in [2.75, 3.05) is 0 Å². The second-order valence-electron chi connectivity index (χ2n) is 10.00. The van der Waals surface area contributed by atoms with Crippen molar-refractivity contribution < 1.29 is 23.3 Å². The van der Waals surface area contributed by atoms with Gasteiger partial charge in [-0.25, -0.2) is 0 Å². The molecule has 3 heteroatoms. The Morgan fingerprint density at radius 3 is 1.71 bits per heavy atom. The Balaban J connectivity index is 1.84. The van der Waals surface area contributed by atoms with E-state index in [0.29, 0.717) is 11.5 Å². The number of quaternary nitrogens is 1. The zero-order valence-corrected chi connectivity index (χ0v) is 19.3. The van der Waals surface area contributed by atoms with E-state index in [1.165, 1.54) is 21.9 Å². The van der Waals surface area contributed by atoms with Gasteiger partial charge in [0, 0.05) is 0 Å². The van der Waals surface area contributed by atoms with Crippen LogP contribution in [0.2, 0.25) is 13.1 Å². The molecular weight excluding hydrogens is 342 g/mol. The number of hydrogen-bond acceptors (Lipinski definition) is 0. The van der Waals surface area contributed by atoms with Crippen molar-refractivity contribution in [2.24, 2.45) is 23.7 Å². The molecular formula is C21H35NSiTi+. The van der Waals surface area contributed by atoms with Crippen molar-refractivity contribution in [3.05, 3.63) is 22.4 Å². The van der Waals surface area contributed by atoms with Gasteiger partial charge in [-0.3, -0.25) is 0 Å². The average Bonchev–Trinajstić information content (AvgIpc) is 2.69. The fourth-order valence-corrected chi connectivity index (χ4v) is 10.9. The molecule has 5 aliphatic carbocycles. The van der Waals surface area contributed by atoms with Crippen molar-refractivity contribution >= 4 is 8.96 Å². The molecule has 0 aromatic rings. The maximum atomic E-state index is 2.69. The molecule has 0 heterocycles. The normalized spacial score (nSPS) is 43.9. The summed E-state index contributed by atoms with van der Waals surface area (Å²) in [5.74, 6) is 3.82. The van der Waals surface area contributed by atoms with Gasteiger partial charge in [-0.1, -0.05) is 0 Å². The van der Waals surface area contributed by atoms with Crippen LogP contribution in [0.25, 0.3) is 0 Å². The summed E-state index contributed by atoms with van der Waals surface area (Å²) >= 11 is 2.69. The summed E-state index contributed by atoms with van der Waals surface area (Å²) in [6.45, 7) is 15.0. The van der Waals surface area contributed by atoms with Gasteiger partial charge in [0.05, 0.1) is 0 Å². The third kappa shape index (κ3) is 2.19. The molecule has 2 unspecified atom stereocenters. The quantitative estimate of drug-likeness (QED) is 0.572. The minimum atomic E-state index is -0.890. The van der Waals surface area contributed by atoms with E-state index >= 15 is 0 Å². The van der Waals surface area contributed by atoms with Gasteiger partial charge in [0.1, 0.15) is 0 Å². The van der Waals surface area contributed by atoms with Crippen LogP contribution in [0.5, 0.6) is 0 Å². The van der Waals surface area contributed by atoms with Gasteiger partial charge in [0.2, 0.25) is 0 Å². The van der Waals surface area contributed by atoms with Crippen LogP contribution >= 0.6 is 0 Å². The third-order valence-corrected chi connectivity index (χ3v) is 14.4. The van der Waals surface area contributed by atoms with Crippen LogP contribution in [0, 0.1) is 23.7 Å². The third-order valence-electron chi connectivity index (χ3n) is 8.51. The van der Waals surface area contributed by atoms with Crippen molar-refractivity contribution in [2.45, 2.75) is 84.9 Å². The van der Waals surface area contributed by atoms with E-state index in [4.69, 9.17) is 0 Å². The SMILES string of the molecule is CC1=C(C)C(C)C([N+]([Ti])([SiH](C)C)C23CC4CC(CC(C4)C2)C3)=C1C. The van der Waals surface area contributed by atoms with E-state index in [2.05, 4.69) is 61.5 Å². The summed E-state index contributed by atoms with van der Waals surface area (Å²) in [7, 11) is -0.890. The second kappa shape index (κ2) is 5.68. The van der Waals surface area contributed by atoms with Crippen molar-refractivity contribution in [1.82, 2.24) is 0 Å². The summed E-state index contributed by atoms with van der Waals surface area (Å²) in [5, 5.41) is 0. The molecule has 0 aromatic carbocycles. The molecule has 5 aliphatic rings. The zero-order chi connectivity index (χ0) is 17.4. The summed E-state index contributed by atoms with van der Waals surface area (Å²) in [6, 6.07) is 0. The maximum absolute atomic E-state index is 2.69. The number of rotatable bonds is 3. The first-order valence-electron chi connectivity index (χ1n) is 10.2. The molecule has 5 rings (SSSR count). The molecule has 4 fully saturated rings. The summed E-state index contributed by atoms with van der Waals surface area (Å²) < 4.78 is 1.37. The fraction of sp³-hybridized carbons (Fsp3) is 0.810. The molecule has 131 valence electrons. The fourth-order valence-electron chi connectivity index (χ4n) is 7.49. The van der Waals surface area contributed by atoms with Gasteiger partial charge in [-0.05, 0) is 0 Å². The molecule has 0 N–H and O–H groups in total. The van der Waals surface area contributed by atoms with Gasteiger partial charge in [-0.15, -0.1) is 0 Å².